The summed E-state index contributed by atoms with van der Waals surface area (Å²) in [6.07, 6.45) is 0.970. The smallest absolute Gasteiger partial charge is 0.338 e. The normalized spacial score (nSPS) is 13.0. The highest BCUT2D eigenvalue weighted by Gasteiger charge is 2.20. The third kappa shape index (κ3) is 3.04. The van der Waals surface area contributed by atoms with Gasteiger partial charge in [-0.1, -0.05) is 42.5 Å². The van der Waals surface area contributed by atoms with Gasteiger partial charge < -0.3 is 10.6 Å². The molecule has 5 heteroatoms. The molecule has 3 rings (SSSR count). The fourth-order valence-corrected chi connectivity index (χ4v) is 2.84. The number of nitrogens with zero attached hydrogens (tertiary/aromatic N) is 2. The van der Waals surface area contributed by atoms with Gasteiger partial charge in [0.2, 0.25) is 0 Å². The largest absolute Gasteiger partial charge is 0.367 e. The molecule has 2 aromatic rings. The van der Waals surface area contributed by atoms with Crippen LogP contribution < -0.4 is 10.6 Å². The van der Waals surface area contributed by atoms with Gasteiger partial charge in [-0.25, -0.2) is 9.86 Å². The second-order valence-electron chi connectivity index (χ2n) is 5.52. The highest BCUT2D eigenvalue weighted by Crippen LogP contribution is 2.30. The minimum atomic E-state index is -0.841. The van der Waals surface area contributed by atoms with Crippen molar-refractivity contribution in [2.24, 2.45) is 5.73 Å². The van der Waals surface area contributed by atoms with Crippen molar-refractivity contribution in [3.05, 3.63) is 65.2 Å². The summed E-state index contributed by atoms with van der Waals surface area (Å²) in [7, 11) is 0. The number of anilines is 1. The number of fused-ring (bicyclic) bond motifs is 1. The van der Waals surface area contributed by atoms with E-state index in [0.717, 1.165) is 25.1 Å². The van der Waals surface area contributed by atoms with Crippen molar-refractivity contribution in [1.29, 1.82) is 0 Å². The summed E-state index contributed by atoms with van der Waals surface area (Å²) in [5.74, 6) is 0. The molecular formula is C17H19N3O2. The summed E-state index contributed by atoms with van der Waals surface area (Å²) in [5.41, 5.74) is 9.66. The van der Waals surface area contributed by atoms with Gasteiger partial charge >= 0.3 is 6.03 Å². The van der Waals surface area contributed by atoms with Crippen LogP contribution in [0.25, 0.3) is 0 Å². The predicted octanol–water partition coefficient (Wildman–Crippen LogP) is 2.52. The Kier molecular flexibility index (Phi) is 3.98. The molecule has 0 unspecified atom stereocenters. The molecule has 0 spiro atoms. The molecule has 0 bridgehead atoms. The van der Waals surface area contributed by atoms with E-state index in [1.54, 1.807) is 0 Å². The average molecular weight is 297 g/mol. The average Bonchev–Trinajstić information content (AvgIpc) is 2.90. The van der Waals surface area contributed by atoms with Crippen LogP contribution in [-0.2, 0) is 19.5 Å². The van der Waals surface area contributed by atoms with E-state index in [0.29, 0.717) is 5.06 Å². The van der Waals surface area contributed by atoms with Crippen LogP contribution in [0.4, 0.5) is 10.5 Å². The Balaban J connectivity index is 1.74. The number of rotatable bonds is 4. The van der Waals surface area contributed by atoms with Crippen LogP contribution in [-0.4, -0.2) is 22.8 Å². The molecule has 1 aliphatic heterocycles. The van der Waals surface area contributed by atoms with Crippen molar-refractivity contribution in [2.75, 3.05) is 11.4 Å². The van der Waals surface area contributed by atoms with Crippen LogP contribution >= 0.6 is 0 Å². The van der Waals surface area contributed by atoms with Gasteiger partial charge in [-0.3, -0.25) is 5.21 Å². The van der Waals surface area contributed by atoms with Crippen LogP contribution in [0.1, 0.15) is 16.7 Å². The van der Waals surface area contributed by atoms with E-state index in [1.807, 2.05) is 18.2 Å². The quantitative estimate of drug-likeness (QED) is 0.673. The number of amides is 2. The number of hydrogen-bond acceptors (Lipinski definition) is 3. The topological polar surface area (TPSA) is 69.8 Å². The van der Waals surface area contributed by atoms with E-state index in [9.17, 15) is 10.0 Å². The monoisotopic (exact) mass is 297 g/mol. The number of carbonyl (C=O) groups excluding carboxylic acids is 1. The second-order valence-corrected chi connectivity index (χ2v) is 5.52. The van der Waals surface area contributed by atoms with Crippen molar-refractivity contribution in [3.63, 3.8) is 0 Å². The summed E-state index contributed by atoms with van der Waals surface area (Å²) < 4.78 is 0. The van der Waals surface area contributed by atoms with E-state index >= 15 is 0 Å². The third-order valence-electron chi connectivity index (χ3n) is 3.94. The van der Waals surface area contributed by atoms with Gasteiger partial charge in [-0.15, -0.1) is 0 Å². The molecule has 1 aliphatic rings. The Morgan fingerprint density at radius 1 is 1.18 bits per heavy atom. The first-order valence-corrected chi connectivity index (χ1v) is 7.30. The fourth-order valence-electron chi connectivity index (χ4n) is 2.84. The summed E-state index contributed by atoms with van der Waals surface area (Å²) in [6, 6.07) is 15.5. The molecule has 0 saturated carbocycles. The first kappa shape index (κ1) is 14.4. The molecule has 1 heterocycles. The van der Waals surface area contributed by atoms with Crippen molar-refractivity contribution in [2.45, 2.75) is 19.5 Å². The Morgan fingerprint density at radius 2 is 1.95 bits per heavy atom. The van der Waals surface area contributed by atoms with Crippen molar-refractivity contribution in [1.82, 2.24) is 5.06 Å². The van der Waals surface area contributed by atoms with Crippen LogP contribution in [0, 0.1) is 0 Å². The first-order valence-electron chi connectivity index (χ1n) is 7.30. The zero-order chi connectivity index (χ0) is 15.5. The number of hydrogen-bond donors (Lipinski definition) is 2. The summed E-state index contributed by atoms with van der Waals surface area (Å²) in [4.78, 5) is 13.2. The highest BCUT2D eigenvalue weighted by atomic mass is 16.5. The summed E-state index contributed by atoms with van der Waals surface area (Å²) in [6.45, 7) is 1.98. The molecule has 3 N–H and O–H groups in total. The third-order valence-corrected chi connectivity index (χ3v) is 3.94. The molecule has 0 aromatic heterocycles. The molecular weight excluding hydrogens is 278 g/mol. The lowest BCUT2D eigenvalue weighted by Crippen LogP contribution is -2.32. The predicted molar refractivity (Wildman–Crippen MR) is 84.6 cm³/mol. The van der Waals surface area contributed by atoms with Crippen molar-refractivity contribution >= 4 is 11.7 Å². The van der Waals surface area contributed by atoms with Crippen LogP contribution in [0.15, 0.2) is 48.5 Å². The van der Waals surface area contributed by atoms with Gasteiger partial charge in [0.05, 0.1) is 6.54 Å². The van der Waals surface area contributed by atoms with Gasteiger partial charge in [0.1, 0.15) is 0 Å². The minimum absolute atomic E-state index is 0.112. The van der Waals surface area contributed by atoms with Crippen LogP contribution in [0.3, 0.4) is 0 Å². The summed E-state index contributed by atoms with van der Waals surface area (Å²) >= 11 is 0. The van der Waals surface area contributed by atoms with E-state index < -0.39 is 6.03 Å². The Bertz CT molecular complexity index is 673. The molecule has 0 atom stereocenters. The fraction of sp³-hybridized carbons (Fsp3) is 0.235. The number of hydroxylamine groups is 2. The molecule has 0 fully saturated rings. The molecule has 0 radical (unpaired) electrons. The zero-order valence-corrected chi connectivity index (χ0v) is 12.3. The maximum Gasteiger partial charge on any atom is 0.338 e. The van der Waals surface area contributed by atoms with E-state index in [-0.39, 0.29) is 6.54 Å². The van der Waals surface area contributed by atoms with Gasteiger partial charge in [0, 0.05) is 18.8 Å². The number of benzene rings is 2. The second kappa shape index (κ2) is 6.07. The number of primary amides is 1. The minimum Gasteiger partial charge on any atom is -0.367 e. The molecule has 0 aliphatic carbocycles. The van der Waals surface area contributed by atoms with E-state index in [4.69, 9.17) is 5.73 Å². The maximum absolute atomic E-state index is 10.9. The van der Waals surface area contributed by atoms with Crippen LogP contribution in [0.2, 0.25) is 0 Å². The van der Waals surface area contributed by atoms with Gasteiger partial charge in [0.25, 0.3) is 0 Å². The molecule has 22 heavy (non-hydrogen) atoms. The molecule has 2 amide bonds. The maximum atomic E-state index is 10.9. The van der Waals surface area contributed by atoms with E-state index in [1.165, 1.54) is 16.8 Å². The number of urea groups is 1. The van der Waals surface area contributed by atoms with Crippen molar-refractivity contribution < 1.29 is 10.0 Å². The van der Waals surface area contributed by atoms with Crippen LogP contribution in [0.5, 0.6) is 0 Å². The lowest BCUT2D eigenvalue weighted by atomic mass is 10.1. The molecule has 0 saturated heterocycles. The lowest BCUT2D eigenvalue weighted by molar-refractivity contribution is -0.0470. The van der Waals surface area contributed by atoms with E-state index in [2.05, 4.69) is 35.2 Å². The Morgan fingerprint density at radius 3 is 2.68 bits per heavy atom. The standard InChI is InChI=1S/C17H19N3O2/c18-17(21)20(22)12-14-6-7-16-15(10-14)8-9-19(16)11-13-4-2-1-3-5-13/h1-7,10,22H,8-9,11-12H2,(H2,18,21). The number of carbonyl (C=O) groups is 1. The van der Waals surface area contributed by atoms with Gasteiger partial charge in [0.15, 0.2) is 0 Å². The van der Waals surface area contributed by atoms with Gasteiger partial charge in [-0.2, -0.15) is 0 Å². The molecule has 5 nitrogen and oxygen atoms in total. The van der Waals surface area contributed by atoms with Gasteiger partial charge in [-0.05, 0) is 29.2 Å². The molecule has 114 valence electrons. The molecule has 2 aromatic carbocycles. The SMILES string of the molecule is NC(=O)N(O)Cc1ccc2c(c1)CCN2Cc1ccccc1. The highest BCUT2D eigenvalue weighted by molar-refractivity contribution is 5.70. The Hall–Kier alpha value is -2.53. The number of nitrogens with two attached hydrogens (primary N) is 1. The Labute approximate surface area is 129 Å². The zero-order valence-electron chi connectivity index (χ0n) is 12.3. The van der Waals surface area contributed by atoms with Crippen molar-refractivity contribution in [3.8, 4) is 0 Å². The summed E-state index contributed by atoms with van der Waals surface area (Å²) in [5, 5.41) is 9.95. The lowest BCUT2D eigenvalue weighted by Gasteiger charge is -2.20. The first-order chi connectivity index (χ1) is 10.6.